The van der Waals surface area contributed by atoms with Crippen molar-refractivity contribution in [2.75, 3.05) is 13.7 Å². The minimum atomic E-state index is 0.221. The van der Waals surface area contributed by atoms with E-state index in [1.807, 2.05) is 18.2 Å². The second-order valence-corrected chi connectivity index (χ2v) is 5.65. The summed E-state index contributed by atoms with van der Waals surface area (Å²) in [5.41, 5.74) is 11.2. The number of aryl methyl sites for hydroxylation is 1. The predicted molar refractivity (Wildman–Crippen MR) is 89.4 cm³/mol. The van der Waals surface area contributed by atoms with Gasteiger partial charge in [-0.1, -0.05) is 19.1 Å². The summed E-state index contributed by atoms with van der Waals surface area (Å²) in [5, 5.41) is 0. The lowest BCUT2D eigenvalue weighted by molar-refractivity contribution is 0.415. The molecule has 0 aliphatic rings. The number of hydrogen-bond acceptors (Lipinski definition) is 3. The number of rotatable bonds is 4. The number of imidazole rings is 1. The van der Waals surface area contributed by atoms with E-state index in [-0.39, 0.29) is 5.92 Å². The molecule has 2 aromatic heterocycles. The fraction of sp³-hybridized carbons (Fsp3) is 0.278. The number of nitrogens with two attached hydrogens (primary N) is 1. The molecule has 22 heavy (non-hydrogen) atoms. The Morgan fingerprint density at radius 1 is 1.27 bits per heavy atom. The number of ether oxygens (including phenoxy) is 1. The Morgan fingerprint density at radius 2 is 2.09 bits per heavy atom. The molecule has 0 aliphatic heterocycles. The highest BCUT2D eigenvalue weighted by Gasteiger charge is 2.19. The summed E-state index contributed by atoms with van der Waals surface area (Å²) in [6.07, 6.45) is 2.07. The van der Waals surface area contributed by atoms with Gasteiger partial charge in [0.2, 0.25) is 0 Å². The summed E-state index contributed by atoms with van der Waals surface area (Å²) in [6, 6.07) is 12.2. The largest absolute Gasteiger partial charge is 0.497 e. The Balaban J connectivity index is 2.27. The van der Waals surface area contributed by atoms with Gasteiger partial charge in [-0.25, -0.2) is 4.98 Å². The fourth-order valence-corrected chi connectivity index (χ4v) is 2.73. The third-order valence-corrected chi connectivity index (χ3v) is 3.98. The lowest BCUT2D eigenvalue weighted by atomic mass is 10.0. The molecule has 4 nitrogen and oxygen atoms in total. The third-order valence-electron chi connectivity index (χ3n) is 3.98. The van der Waals surface area contributed by atoms with E-state index in [4.69, 9.17) is 15.5 Å². The molecule has 2 heterocycles. The highest BCUT2D eigenvalue weighted by atomic mass is 16.5. The van der Waals surface area contributed by atoms with Crippen molar-refractivity contribution >= 4 is 5.65 Å². The van der Waals surface area contributed by atoms with Crippen LogP contribution in [0, 0.1) is 6.92 Å². The number of fused-ring (bicyclic) bond motifs is 1. The van der Waals surface area contributed by atoms with Crippen molar-refractivity contribution in [1.82, 2.24) is 9.38 Å². The molecule has 1 unspecified atom stereocenters. The Labute approximate surface area is 130 Å². The highest BCUT2D eigenvalue weighted by molar-refractivity contribution is 5.68. The molecule has 0 amide bonds. The molecule has 114 valence electrons. The molecule has 0 aliphatic carbocycles. The van der Waals surface area contributed by atoms with Gasteiger partial charge in [-0.15, -0.1) is 0 Å². The smallest absolute Gasteiger partial charge is 0.137 e. The van der Waals surface area contributed by atoms with Crippen LogP contribution in [0.1, 0.15) is 24.1 Å². The quantitative estimate of drug-likeness (QED) is 0.802. The van der Waals surface area contributed by atoms with E-state index >= 15 is 0 Å². The van der Waals surface area contributed by atoms with Gasteiger partial charge in [-0.3, -0.25) is 0 Å². The van der Waals surface area contributed by atoms with Gasteiger partial charge in [-0.05, 0) is 36.8 Å². The van der Waals surface area contributed by atoms with E-state index in [9.17, 15) is 0 Å². The molecule has 4 heteroatoms. The molecule has 1 aromatic carbocycles. The summed E-state index contributed by atoms with van der Waals surface area (Å²) >= 11 is 0. The van der Waals surface area contributed by atoms with E-state index < -0.39 is 0 Å². The normalized spacial score (nSPS) is 12.5. The van der Waals surface area contributed by atoms with Gasteiger partial charge in [0.25, 0.3) is 0 Å². The lowest BCUT2D eigenvalue weighted by Gasteiger charge is -2.12. The number of hydrogen-bond donors (Lipinski definition) is 1. The zero-order chi connectivity index (χ0) is 15.7. The van der Waals surface area contributed by atoms with Crippen molar-refractivity contribution in [2.24, 2.45) is 5.73 Å². The van der Waals surface area contributed by atoms with Gasteiger partial charge in [0.05, 0.1) is 18.5 Å². The molecule has 0 radical (unpaired) electrons. The Hall–Kier alpha value is -2.33. The average molecular weight is 295 g/mol. The van der Waals surface area contributed by atoms with Crippen LogP contribution < -0.4 is 10.5 Å². The van der Waals surface area contributed by atoms with Crippen LogP contribution in [-0.2, 0) is 0 Å². The first kappa shape index (κ1) is 14.6. The number of benzene rings is 1. The lowest BCUT2D eigenvalue weighted by Crippen LogP contribution is -2.12. The Bertz CT molecular complexity index is 807. The van der Waals surface area contributed by atoms with E-state index in [2.05, 4.69) is 42.6 Å². The molecule has 3 rings (SSSR count). The SMILES string of the molecule is COc1cccc(-c2nc3cc(C)ccn3c2C(C)CN)c1. The minimum Gasteiger partial charge on any atom is -0.497 e. The van der Waals surface area contributed by atoms with Crippen LogP contribution in [0.5, 0.6) is 5.75 Å². The van der Waals surface area contributed by atoms with Crippen LogP contribution in [0.3, 0.4) is 0 Å². The summed E-state index contributed by atoms with van der Waals surface area (Å²) in [4.78, 5) is 4.84. The first-order valence-corrected chi connectivity index (χ1v) is 7.47. The highest BCUT2D eigenvalue weighted by Crippen LogP contribution is 2.31. The second-order valence-electron chi connectivity index (χ2n) is 5.65. The zero-order valence-corrected chi connectivity index (χ0v) is 13.2. The molecular weight excluding hydrogens is 274 g/mol. The number of pyridine rings is 1. The van der Waals surface area contributed by atoms with E-state index in [0.29, 0.717) is 6.54 Å². The van der Waals surface area contributed by atoms with Crippen molar-refractivity contribution in [3.8, 4) is 17.0 Å². The monoisotopic (exact) mass is 295 g/mol. The molecule has 3 aromatic rings. The molecule has 0 saturated carbocycles. The first-order chi connectivity index (χ1) is 10.6. The van der Waals surface area contributed by atoms with Crippen LogP contribution in [-0.4, -0.2) is 23.0 Å². The third kappa shape index (κ3) is 2.46. The van der Waals surface area contributed by atoms with Crippen LogP contribution in [0.2, 0.25) is 0 Å². The zero-order valence-electron chi connectivity index (χ0n) is 13.2. The Kier molecular flexibility index (Phi) is 3.86. The van der Waals surface area contributed by atoms with Crippen LogP contribution in [0.25, 0.3) is 16.9 Å². The summed E-state index contributed by atoms with van der Waals surface area (Å²) < 4.78 is 7.48. The van der Waals surface area contributed by atoms with Gasteiger partial charge in [-0.2, -0.15) is 0 Å². The summed E-state index contributed by atoms with van der Waals surface area (Å²) in [7, 11) is 1.68. The van der Waals surface area contributed by atoms with Crippen molar-refractivity contribution in [1.29, 1.82) is 0 Å². The van der Waals surface area contributed by atoms with Crippen LogP contribution >= 0.6 is 0 Å². The average Bonchev–Trinajstić information content (AvgIpc) is 2.92. The molecular formula is C18H21N3O. The maximum atomic E-state index is 5.92. The molecule has 0 saturated heterocycles. The standard InChI is InChI=1S/C18H21N3O/c1-12-7-8-21-16(9-12)20-17(18(21)13(2)11-19)14-5-4-6-15(10-14)22-3/h4-10,13H,11,19H2,1-3H3. The molecule has 1 atom stereocenters. The topological polar surface area (TPSA) is 52.5 Å². The van der Waals surface area contributed by atoms with Crippen molar-refractivity contribution in [3.05, 3.63) is 53.9 Å². The maximum absolute atomic E-state index is 5.92. The molecule has 2 N–H and O–H groups in total. The minimum absolute atomic E-state index is 0.221. The van der Waals surface area contributed by atoms with Crippen LogP contribution in [0.4, 0.5) is 0 Å². The van der Waals surface area contributed by atoms with Crippen LogP contribution in [0.15, 0.2) is 42.6 Å². The summed E-state index contributed by atoms with van der Waals surface area (Å²) in [5.74, 6) is 1.05. The number of methoxy groups -OCH3 is 1. The number of nitrogens with zero attached hydrogens (tertiary/aromatic N) is 2. The van der Waals surface area contributed by atoms with Gasteiger partial charge in [0, 0.05) is 24.2 Å². The van der Waals surface area contributed by atoms with Gasteiger partial charge in [0.1, 0.15) is 11.4 Å². The van der Waals surface area contributed by atoms with E-state index in [0.717, 1.165) is 28.3 Å². The maximum Gasteiger partial charge on any atom is 0.137 e. The number of aromatic nitrogens is 2. The van der Waals surface area contributed by atoms with Gasteiger partial charge < -0.3 is 14.9 Å². The predicted octanol–water partition coefficient (Wildman–Crippen LogP) is 3.38. The Morgan fingerprint density at radius 3 is 2.82 bits per heavy atom. The second kappa shape index (κ2) is 5.81. The molecule has 0 spiro atoms. The van der Waals surface area contributed by atoms with Crippen molar-refractivity contribution in [3.63, 3.8) is 0 Å². The van der Waals surface area contributed by atoms with Crippen molar-refractivity contribution in [2.45, 2.75) is 19.8 Å². The summed E-state index contributed by atoms with van der Waals surface area (Å²) in [6.45, 7) is 4.79. The van der Waals surface area contributed by atoms with E-state index in [1.165, 1.54) is 5.56 Å². The first-order valence-electron chi connectivity index (χ1n) is 7.47. The van der Waals surface area contributed by atoms with E-state index in [1.54, 1.807) is 7.11 Å². The van der Waals surface area contributed by atoms with Crippen molar-refractivity contribution < 1.29 is 4.74 Å². The van der Waals surface area contributed by atoms with Gasteiger partial charge in [0.15, 0.2) is 0 Å². The molecule has 0 bridgehead atoms. The molecule has 0 fully saturated rings. The fourth-order valence-electron chi connectivity index (χ4n) is 2.73. The van der Waals surface area contributed by atoms with Gasteiger partial charge >= 0.3 is 0 Å².